The first kappa shape index (κ1) is 20.2. The lowest BCUT2D eigenvalue weighted by Crippen LogP contribution is -2.51. The van der Waals surface area contributed by atoms with Gasteiger partial charge in [-0.3, -0.25) is 4.99 Å². The minimum absolute atomic E-state index is 0. The highest BCUT2D eigenvalue weighted by Crippen LogP contribution is 2.19. The first-order chi connectivity index (χ1) is 11.4. The molecule has 0 saturated carbocycles. The van der Waals surface area contributed by atoms with Gasteiger partial charge in [0.2, 0.25) is 0 Å². The quantitative estimate of drug-likeness (QED) is 0.400. The fraction of sp³-hybridized carbons (Fsp3) is 0.562. The first-order valence-corrected chi connectivity index (χ1v) is 10.0. The van der Waals surface area contributed by atoms with Crippen LogP contribution >= 0.6 is 24.0 Å². The van der Waals surface area contributed by atoms with Gasteiger partial charge in [-0.1, -0.05) is 0 Å². The predicted molar refractivity (Wildman–Crippen MR) is 109 cm³/mol. The summed E-state index contributed by atoms with van der Waals surface area (Å²) >= 11 is 0. The number of benzene rings is 1. The molecule has 1 atom stereocenters. The van der Waals surface area contributed by atoms with Gasteiger partial charge < -0.3 is 15.5 Å². The highest BCUT2D eigenvalue weighted by molar-refractivity contribution is 14.0. The number of nitrogens with zero attached hydrogens (tertiary/aromatic N) is 3. The number of nitrogens with two attached hydrogens (primary N) is 1. The van der Waals surface area contributed by atoms with Crippen molar-refractivity contribution in [2.75, 3.05) is 49.1 Å². The van der Waals surface area contributed by atoms with E-state index in [-0.39, 0.29) is 47.2 Å². The van der Waals surface area contributed by atoms with Gasteiger partial charge in [0.05, 0.1) is 11.5 Å². The Balaban J connectivity index is 0.00000225. The third-order valence-corrected chi connectivity index (χ3v) is 6.47. The first-order valence-electron chi connectivity index (χ1n) is 8.19. The van der Waals surface area contributed by atoms with Gasteiger partial charge in [0.25, 0.3) is 0 Å². The van der Waals surface area contributed by atoms with Crippen LogP contribution in [0.1, 0.15) is 6.42 Å². The van der Waals surface area contributed by atoms with Crippen molar-refractivity contribution >= 4 is 45.5 Å². The van der Waals surface area contributed by atoms with Crippen molar-refractivity contribution in [2.24, 2.45) is 16.6 Å². The van der Waals surface area contributed by atoms with Crippen LogP contribution in [0.3, 0.4) is 0 Å². The van der Waals surface area contributed by atoms with E-state index in [1.54, 1.807) is 12.1 Å². The Hall–Kier alpha value is -1.10. The van der Waals surface area contributed by atoms with Gasteiger partial charge in [0.15, 0.2) is 15.8 Å². The monoisotopic (exact) mass is 482 g/mol. The van der Waals surface area contributed by atoms with E-state index in [2.05, 4.69) is 9.89 Å². The van der Waals surface area contributed by atoms with E-state index in [9.17, 15) is 12.8 Å². The van der Waals surface area contributed by atoms with Gasteiger partial charge in [-0.05, 0) is 36.6 Å². The summed E-state index contributed by atoms with van der Waals surface area (Å²) in [7, 11) is -2.87. The number of halogens is 2. The maximum atomic E-state index is 13.0. The average Bonchev–Trinajstić information content (AvgIpc) is 2.93. The van der Waals surface area contributed by atoms with E-state index in [1.165, 1.54) is 12.1 Å². The van der Waals surface area contributed by atoms with Crippen LogP contribution in [0, 0.1) is 11.7 Å². The van der Waals surface area contributed by atoms with E-state index in [4.69, 9.17) is 5.73 Å². The van der Waals surface area contributed by atoms with Crippen LogP contribution in [0.25, 0.3) is 0 Å². The summed E-state index contributed by atoms with van der Waals surface area (Å²) in [5.41, 5.74) is 7.06. The van der Waals surface area contributed by atoms with E-state index >= 15 is 0 Å². The number of guanidine groups is 1. The van der Waals surface area contributed by atoms with Crippen LogP contribution in [-0.2, 0) is 9.84 Å². The van der Waals surface area contributed by atoms with Crippen LogP contribution < -0.4 is 10.6 Å². The highest BCUT2D eigenvalue weighted by Gasteiger charge is 2.27. The zero-order chi connectivity index (χ0) is 17.2. The molecular formula is C16H24FIN4O2S. The summed E-state index contributed by atoms with van der Waals surface area (Å²) < 4.78 is 35.9. The fourth-order valence-electron chi connectivity index (χ4n) is 3.18. The molecule has 2 fully saturated rings. The SMILES string of the molecule is I.NC(=NCC1CCS(=O)(=O)C1)N1CCN(c2ccc(F)cc2)CC1. The molecule has 2 N–H and O–H groups in total. The number of anilines is 1. The molecule has 0 bridgehead atoms. The molecule has 0 spiro atoms. The summed E-state index contributed by atoms with van der Waals surface area (Å²) in [6.07, 6.45) is 0.678. The maximum absolute atomic E-state index is 13.0. The van der Waals surface area contributed by atoms with Gasteiger partial charge in [-0.25, -0.2) is 12.8 Å². The average molecular weight is 482 g/mol. The smallest absolute Gasteiger partial charge is 0.191 e. The molecule has 0 radical (unpaired) electrons. The molecule has 0 aliphatic carbocycles. The number of hydrogen-bond acceptors (Lipinski definition) is 4. The highest BCUT2D eigenvalue weighted by atomic mass is 127. The van der Waals surface area contributed by atoms with Gasteiger partial charge in [0.1, 0.15) is 5.82 Å². The third kappa shape index (κ3) is 5.44. The zero-order valence-electron chi connectivity index (χ0n) is 14.0. The molecule has 2 heterocycles. The van der Waals surface area contributed by atoms with Gasteiger partial charge >= 0.3 is 0 Å². The molecule has 1 unspecified atom stereocenters. The fourth-order valence-corrected chi connectivity index (χ4v) is 5.03. The Morgan fingerprint density at radius 1 is 1.20 bits per heavy atom. The molecule has 2 saturated heterocycles. The van der Waals surface area contributed by atoms with Crippen molar-refractivity contribution in [2.45, 2.75) is 6.42 Å². The van der Waals surface area contributed by atoms with Crippen molar-refractivity contribution in [1.82, 2.24) is 4.90 Å². The summed E-state index contributed by atoms with van der Waals surface area (Å²) in [5, 5.41) is 0. The largest absolute Gasteiger partial charge is 0.370 e. The Morgan fingerprint density at radius 2 is 1.84 bits per heavy atom. The number of piperazine rings is 1. The zero-order valence-corrected chi connectivity index (χ0v) is 17.1. The summed E-state index contributed by atoms with van der Waals surface area (Å²) in [5.74, 6) is 0.834. The van der Waals surface area contributed by atoms with Crippen LogP contribution in [0.15, 0.2) is 29.3 Å². The molecule has 0 aromatic heterocycles. The lowest BCUT2D eigenvalue weighted by Gasteiger charge is -2.36. The Kier molecular flexibility index (Phi) is 6.89. The Bertz CT molecular complexity index is 703. The molecule has 25 heavy (non-hydrogen) atoms. The number of rotatable bonds is 3. The second kappa shape index (κ2) is 8.52. The molecule has 2 aliphatic rings. The number of aliphatic imine (C=N–C) groups is 1. The summed E-state index contributed by atoms with van der Waals surface area (Å²) in [4.78, 5) is 8.60. The number of hydrogen-bond donors (Lipinski definition) is 1. The van der Waals surface area contributed by atoms with Crippen LogP contribution in [0.2, 0.25) is 0 Å². The van der Waals surface area contributed by atoms with Crippen molar-refractivity contribution in [1.29, 1.82) is 0 Å². The second-order valence-electron chi connectivity index (χ2n) is 6.42. The standard InChI is InChI=1S/C16H23FN4O2S.HI/c17-14-1-3-15(4-2-14)20-6-8-21(9-7-20)16(18)19-11-13-5-10-24(22,23)12-13;/h1-4,13H,5-12H2,(H2,18,19);1H. The van der Waals surface area contributed by atoms with Crippen molar-refractivity contribution in [3.05, 3.63) is 30.1 Å². The van der Waals surface area contributed by atoms with Crippen molar-refractivity contribution < 1.29 is 12.8 Å². The third-order valence-electron chi connectivity index (χ3n) is 4.63. The molecule has 3 rings (SSSR count). The molecular weight excluding hydrogens is 458 g/mol. The Labute approximate surface area is 165 Å². The summed E-state index contributed by atoms with van der Waals surface area (Å²) in [6, 6.07) is 6.49. The lowest BCUT2D eigenvalue weighted by atomic mass is 10.1. The minimum atomic E-state index is -2.87. The van der Waals surface area contributed by atoms with Crippen LogP contribution in [0.4, 0.5) is 10.1 Å². The second-order valence-corrected chi connectivity index (χ2v) is 8.65. The van der Waals surface area contributed by atoms with E-state index in [0.717, 1.165) is 31.9 Å². The molecule has 1 aromatic rings. The molecule has 6 nitrogen and oxygen atoms in total. The number of sulfone groups is 1. The van der Waals surface area contributed by atoms with E-state index < -0.39 is 9.84 Å². The maximum Gasteiger partial charge on any atom is 0.191 e. The van der Waals surface area contributed by atoms with Crippen LogP contribution in [0.5, 0.6) is 0 Å². The molecule has 140 valence electrons. The van der Waals surface area contributed by atoms with Gasteiger partial charge in [-0.2, -0.15) is 0 Å². The van der Waals surface area contributed by atoms with Crippen molar-refractivity contribution in [3.8, 4) is 0 Å². The normalized spacial score (nSPS) is 23.4. The van der Waals surface area contributed by atoms with Gasteiger partial charge in [0, 0.05) is 38.4 Å². The Morgan fingerprint density at radius 3 is 2.40 bits per heavy atom. The van der Waals surface area contributed by atoms with E-state index in [1.807, 2.05) is 4.90 Å². The topological polar surface area (TPSA) is 79.0 Å². The van der Waals surface area contributed by atoms with Crippen LogP contribution in [-0.4, -0.2) is 63.5 Å². The summed E-state index contributed by atoms with van der Waals surface area (Å²) in [6.45, 7) is 3.55. The van der Waals surface area contributed by atoms with Gasteiger partial charge in [-0.15, -0.1) is 24.0 Å². The van der Waals surface area contributed by atoms with E-state index in [0.29, 0.717) is 18.9 Å². The van der Waals surface area contributed by atoms with Crippen molar-refractivity contribution in [3.63, 3.8) is 0 Å². The molecule has 1 aromatic carbocycles. The lowest BCUT2D eigenvalue weighted by molar-refractivity contribution is 0.379. The minimum Gasteiger partial charge on any atom is -0.370 e. The molecule has 9 heteroatoms. The molecule has 0 amide bonds. The molecule has 2 aliphatic heterocycles. The predicted octanol–water partition coefficient (Wildman–Crippen LogP) is 1.32.